The molecule has 1 N–H and O–H groups in total. The average molecular weight is 362 g/mol. The number of hydrogen-bond donors (Lipinski definition) is 1. The van der Waals surface area contributed by atoms with E-state index in [1.165, 1.54) is 0 Å². The number of carbonyl (C=O) groups excluding carboxylic acids is 1. The third kappa shape index (κ3) is 4.41. The van der Waals surface area contributed by atoms with Crippen LogP contribution in [0.5, 0.6) is 0 Å². The van der Waals surface area contributed by atoms with Crippen molar-refractivity contribution in [1.29, 1.82) is 0 Å². The molecule has 1 aliphatic rings. The number of oxazole rings is 1. The Labute approximate surface area is 153 Å². The lowest BCUT2D eigenvalue weighted by Crippen LogP contribution is -2.41. The molecule has 5 nitrogen and oxygen atoms in total. The minimum atomic E-state index is 0.149. The van der Waals surface area contributed by atoms with Gasteiger partial charge in [-0.2, -0.15) is 0 Å². The highest BCUT2D eigenvalue weighted by molar-refractivity contribution is 6.30. The summed E-state index contributed by atoms with van der Waals surface area (Å²) in [6.07, 6.45) is 1.52. The van der Waals surface area contributed by atoms with E-state index >= 15 is 0 Å². The number of amides is 1. The highest BCUT2D eigenvalue weighted by atomic mass is 35.5. The maximum absolute atomic E-state index is 11.4. The average Bonchev–Trinajstić information content (AvgIpc) is 3.13. The van der Waals surface area contributed by atoms with Crippen molar-refractivity contribution in [3.63, 3.8) is 0 Å². The molecule has 1 fully saturated rings. The lowest BCUT2D eigenvalue weighted by atomic mass is 10.1. The van der Waals surface area contributed by atoms with E-state index in [0.717, 1.165) is 30.0 Å². The van der Waals surface area contributed by atoms with Gasteiger partial charge in [0.2, 0.25) is 11.8 Å². The number of carbonyl (C=O) groups is 1. The molecular weight excluding hydrogens is 338 g/mol. The summed E-state index contributed by atoms with van der Waals surface area (Å²) in [5, 5.41) is 3.73. The van der Waals surface area contributed by atoms with Crippen LogP contribution in [0.1, 0.15) is 38.1 Å². The molecule has 0 saturated carbocycles. The van der Waals surface area contributed by atoms with E-state index in [4.69, 9.17) is 16.0 Å². The van der Waals surface area contributed by atoms with E-state index in [1.54, 1.807) is 0 Å². The van der Waals surface area contributed by atoms with Gasteiger partial charge < -0.3 is 9.73 Å². The zero-order chi connectivity index (χ0) is 18.0. The Kier molecular flexibility index (Phi) is 5.45. The molecule has 2 aromatic rings. The largest absolute Gasteiger partial charge is 0.441 e. The smallest absolute Gasteiger partial charge is 0.226 e. The van der Waals surface area contributed by atoms with Gasteiger partial charge in [-0.05, 0) is 51.5 Å². The van der Waals surface area contributed by atoms with Crippen LogP contribution in [0.2, 0.25) is 5.02 Å². The monoisotopic (exact) mass is 361 g/mol. The van der Waals surface area contributed by atoms with E-state index in [1.807, 2.05) is 31.2 Å². The van der Waals surface area contributed by atoms with E-state index < -0.39 is 0 Å². The van der Waals surface area contributed by atoms with E-state index in [2.05, 4.69) is 29.0 Å². The molecule has 1 saturated heterocycles. The minimum Gasteiger partial charge on any atom is -0.441 e. The summed E-state index contributed by atoms with van der Waals surface area (Å²) in [6, 6.07) is 8.06. The first-order chi connectivity index (χ1) is 11.9. The van der Waals surface area contributed by atoms with Gasteiger partial charge in [-0.15, -0.1) is 0 Å². The molecule has 1 aromatic heterocycles. The van der Waals surface area contributed by atoms with Crippen LogP contribution in [0, 0.1) is 6.92 Å². The van der Waals surface area contributed by atoms with Gasteiger partial charge in [-0.25, -0.2) is 4.98 Å². The van der Waals surface area contributed by atoms with Crippen molar-refractivity contribution in [2.75, 3.05) is 6.54 Å². The topological polar surface area (TPSA) is 58.4 Å². The van der Waals surface area contributed by atoms with Crippen molar-refractivity contribution < 1.29 is 9.21 Å². The number of aromatic nitrogens is 1. The van der Waals surface area contributed by atoms with Crippen LogP contribution in [-0.4, -0.2) is 34.4 Å². The fourth-order valence-corrected chi connectivity index (χ4v) is 3.16. The lowest BCUT2D eigenvalue weighted by molar-refractivity contribution is -0.119. The second-order valence-electron chi connectivity index (χ2n) is 6.86. The molecule has 2 heterocycles. The Bertz CT molecular complexity index is 740. The van der Waals surface area contributed by atoms with Crippen LogP contribution in [0.25, 0.3) is 11.5 Å². The number of hydrogen-bond acceptors (Lipinski definition) is 4. The molecule has 3 rings (SSSR count). The van der Waals surface area contributed by atoms with E-state index in [-0.39, 0.29) is 11.9 Å². The van der Waals surface area contributed by atoms with E-state index in [0.29, 0.717) is 29.9 Å². The molecule has 1 unspecified atom stereocenters. The number of nitrogens with one attached hydrogen (secondary N) is 1. The first-order valence-corrected chi connectivity index (χ1v) is 9.06. The van der Waals surface area contributed by atoms with Crippen molar-refractivity contribution in [1.82, 2.24) is 15.2 Å². The normalized spacial score (nSPS) is 17.5. The third-order valence-corrected chi connectivity index (χ3v) is 4.86. The fraction of sp³-hybridized carbons (Fsp3) is 0.474. The van der Waals surface area contributed by atoms with Crippen LogP contribution in [0.4, 0.5) is 0 Å². The zero-order valence-corrected chi connectivity index (χ0v) is 15.6. The van der Waals surface area contributed by atoms with Gasteiger partial charge >= 0.3 is 0 Å². The summed E-state index contributed by atoms with van der Waals surface area (Å²) < 4.78 is 5.86. The predicted molar refractivity (Wildman–Crippen MR) is 98.4 cm³/mol. The number of rotatable bonds is 6. The van der Waals surface area contributed by atoms with Crippen LogP contribution in [-0.2, 0) is 11.3 Å². The molecule has 0 radical (unpaired) electrons. The summed E-state index contributed by atoms with van der Waals surface area (Å²) >= 11 is 5.94. The second-order valence-corrected chi connectivity index (χ2v) is 7.29. The van der Waals surface area contributed by atoms with Gasteiger partial charge in [-0.1, -0.05) is 11.6 Å². The molecule has 6 heteroatoms. The van der Waals surface area contributed by atoms with Crippen LogP contribution < -0.4 is 5.32 Å². The number of benzene rings is 1. The van der Waals surface area contributed by atoms with Crippen molar-refractivity contribution in [2.24, 2.45) is 0 Å². The van der Waals surface area contributed by atoms with Crippen LogP contribution in [0.15, 0.2) is 28.7 Å². The third-order valence-electron chi connectivity index (χ3n) is 4.61. The lowest BCUT2D eigenvalue weighted by Gasteiger charge is -2.28. The van der Waals surface area contributed by atoms with Gasteiger partial charge in [-0.3, -0.25) is 9.69 Å². The second kappa shape index (κ2) is 7.58. The Hall–Kier alpha value is -1.85. The minimum absolute atomic E-state index is 0.149. The molecule has 0 aliphatic carbocycles. The first-order valence-electron chi connectivity index (χ1n) is 8.68. The summed E-state index contributed by atoms with van der Waals surface area (Å²) in [4.78, 5) is 18.4. The molecule has 134 valence electrons. The molecule has 0 bridgehead atoms. The van der Waals surface area contributed by atoms with Crippen LogP contribution >= 0.6 is 11.6 Å². The molecule has 1 atom stereocenters. The summed E-state index contributed by atoms with van der Waals surface area (Å²) in [7, 11) is 0. The number of halogens is 1. The van der Waals surface area contributed by atoms with Gasteiger partial charge in [0.1, 0.15) is 5.76 Å². The van der Waals surface area contributed by atoms with Crippen molar-refractivity contribution in [2.45, 2.75) is 52.2 Å². The molecule has 1 aromatic carbocycles. The first kappa shape index (κ1) is 18.0. The zero-order valence-electron chi connectivity index (χ0n) is 14.9. The maximum atomic E-state index is 11.4. The molecule has 25 heavy (non-hydrogen) atoms. The van der Waals surface area contributed by atoms with Crippen molar-refractivity contribution >= 4 is 17.5 Å². The Balaban J connectivity index is 1.73. The summed E-state index contributed by atoms with van der Waals surface area (Å²) in [5.74, 6) is 1.59. The van der Waals surface area contributed by atoms with Crippen LogP contribution in [0.3, 0.4) is 0 Å². The Morgan fingerprint density at radius 2 is 2.08 bits per heavy atom. The maximum Gasteiger partial charge on any atom is 0.226 e. The van der Waals surface area contributed by atoms with Gasteiger partial charge in [0.15, 0.2) is 0 Å². The predicted octanol–water partition coefficient (Wildman–Crippen LogP) is 3.79. The number of aryl methyl sites for hydroxylation is 1. The fourth-order valence-electron chi connectivity index (χ4n) is 3.04. The standard InChI is InChI=1S/C19H24ClN3O2/c1-12(2)23(10-16-8-9-18(24)21-16)11-17-13(3)25-19(22-17)14-4-6-15(20)7-5-14/h4-7,12,16H,8-11H2,1-3H3,(H,21,24). The summed E-state index contributed by atoms with van der Waals surface area (Å²) in [6.45, 7) is 7.79. The van der Waals surface area contributed by atoms with E-state index in [9.17, 15) is 4.79 Å². The molecule has 0 spiro atoms. The molecule has 1 aliphatic heterocycles. The highest BCUT2D eigenvalue weighted by Gasteiger charge is 2.25. The number of nitrogens with zero attached hydrogens (tertiary/aromatic N) is 2. The van der Waals surface area contributed by atoms with Gasteiger partial charge in [0.05, 0.1) is 5.69 Å². The van der Waals surface area contributed by atoms with Crippen molar-refractivity contribution in [3.8, 4) is 11.5 Å². The van der Waals surface area contributed by atoms with Crippen molar-refractivity contribution in [3.05, 3.63) is 40.7 Å². The molecular formula is C19H24ClN3O2. The van der Waals surface area contributed by atoms with Gasteiger partial charge in [0, 0.05) is 42.2 Å². The van der Waals surface area contributed by atoms with Gasteiger partial charge in [0.25, 0.3) is 0 Å². The Morgan fingerprint density at radius 3 is 2.68 bits per heavy atom. The SMILES string of the molecule is Cc1oc(-c2ccc(Cl)cc2)nc1CN(CC1CCC(=O)N1)C(C)C. The Morgan fingerprint density at radius 1 is 1.36 bits per heavy atom. The highest BCUT2D eigenvalue weighted by Crippen LogP contribution is 2.24. The quantitative estimate of drug-likeness (QED) is 0.850. The molecule has 1 amide bonds. The summed E-state index contributed by atoms with van der Waals surface area (Å²) in [5.41, 5.74) is 1.85.